The summed E-state index contributed by atoms with van der Waals surface area (Å²) in [4.78, 5) is 13.8. The first-order valence-electron chi connectivity index (χ1n) is 16.7. The first-order valence-corrected chi connectivity index (χ1v) is 16.7. The summed E-state index contributed by atoms with van der Waals surface area (Å²) >= 11 is 0. The molecule has 51 heavy (non-hydrogen) atoms. The summed E-state index contributed by atoms with van der Waals surface area (Å²) in [5.74, 6) is -0.0377. The van der Waals surface area contributed by atoms with E-state index in [0.717, 1.165) is 22.3 Å². The molecule has 0 aromatic heterocycles. The number of fused-ring (bicyclic) bond motifs is 1. The Morgan fingerprint density at radius 2 is 1.12 bits per heavy atom. The van der Waals surface area contributed by atoms with Gasteiger partial charge in [-0.25, -0.2) is 4.79 Å². The van der Waals surface area contributed by atoms with Crippen LogP contribution < -0.4 is 14.2 Å². The summed E-state index contributed by atoms with van der Waals surface area (Å²) in [6, 6.07) is 41.1. The van der Waals surface area contributed by atoms with Gasteiger partial charge in [0, 0.05) is 5.56 Å². The predicted molar refractivity (Wildman–Crippen MR) is 185 cm³/mol. The Kier molecular flexibility index (Phi) is 10.9. The summed E-state index contributed by atoms with van der Waals surface area (Å²) in [7, 11) is 0. The number of carbonyl (C=O) groups is 1. The van der Waals surface area contributed by atoms with E-state index in [2.05, 4.69) is 0 Å². The molecule has 0 spiro atoms. The minimum Gasteiger partial charge on any atom is -0.485 e. The number of hydrogen-bond acceptors (Lipinski definition) is 10. The van der Waals surface area contributed by atoms with Gasteiger partial charge in [0.25, 0.3) is 0 Å². The first kappa shape index (κ1) is 34.2. The van der Waals surface area contributed by atoms with Gasteiger partial charge in [-0.3, -0.25) is 0 Å². The maximum atomic E-state index is 13.8. The molecule has 2 heterocycles. The molecule has 262 valence electrons. The van der Waals surface area contributed by atoms with Crippen LogP contribution in [0.15, 0.2) is 133 Å². The lowest BCUT2D eigenvalue weighted by Crippen LogP contribution is -2.62. The summed E-state index contributed by atoms with van der Waals surface area (Å²) in [6.45, 7) is 0.627. The van der Waals surface area contributed by atoms with Crippen molar-refractivity contribution in [1.29, 1.82) is 0 Å². The second-order valence-electron chi connectivity index (χ2n) is 12.2. The Hall–Kier alpha value is -5.23. The Bertz CT molecular complexity index is 1790. The smallest absolute Gasteiger partial charge is 0.340 e. The van der Waals surface area contributed by atoms with Crippen molar-refractivity contribution in [3.63, 3.8) is 0 Å². The number of carbonyl (C=O) groups excluding carboxylic acids is 1. The summed E-state index contributed by atoms with van der Waals surface area (Å²) in [5.41, 5.74) is 3.55. The highest BCUT2D eigenvalue weighted by molar-refractivity contribution is 5.91. The third-order valence-electron chi connectivity index (χ3n) is 8.59. The van der Waals surface area contributed by atoms with E-state index in [0.29, 0.717) is 5.75 Å². The molecule has 0 aliphatic carbocycles. The molecule has 2 N–H and O–H groups in total. The second-order valence-corrected chi connectivity index (χ2v) is 12.2. The zero-order valence-electron chi connectivity index (χ0n) is 27.7. The summed E-state index contributed by atoms with van der Waals surface area (Å²) < 4.78 is 42.3. The maximum absolute atomic E-state index is 13.8. The molecule has 10 heteroatoms. The van der Waals surface area contributed by atoms with Gasteiger partial charge in [0.05, 0.1) is 12.2 Å². The highest BCUT2D eigenvalue weighted by Crippen LogP contribution is 2.41. The molecule has 5 aromatic rings. The van der Waals surface area contributed by atoms with Crippen LogP contribution >= 0.6 is 0 Å². The van der Waals surface area contributed by atoms with Crippen LogP contribution in [-0.4, -0.2) is 53.5 Å². The van der Waals surface area contributed by atoms with Gasteiger partial charge < -0.3 is 43.4 Å². The van der Waals surface area contributed by atoms with Crippen LogP contribution in [0.4, 0.5) is 0 Å². The molecule has 2 saturated heterocycles. The molecule has 2 aliphatic rings. The van der Waals surface area contributed by atoms with Crippen LogP contribution in [0, 0.1) is 0 Å². The van der Waals surface area contributed by atoms with Crippen LogP contribution in [0.5, 0.6) is 17.2 Å². The molecule has 0 bridgehead atoms. The third kappa shape index (κ3) is 8.39. The van der Waals surface area contributed by atoms with Crippen molar-refractivity contribution in [2.24, 2.45) is 0 Å². The molecule has 0 radical (unpaired) electrons. The van der Waals surface area contributed by atoms with Crippen molar-refractivity contribution in [1.82, 2.24) is 0 Å². The predicted octanol–water partition coefficient (Wildman–Crippen LogP) is 6.14. The van der Waals surface area contributed by atoms with Crippen molar-refractivity contribution in [2.75, 3.05) is 6.61 Å². The van der Waals surface area contributed by atoms with Crippen molar-refractivity contribution in [3.05, 3.63) is 161 Å². The fourth-order valence-electron chi connectivity index (χ4n) is 5.88. The fourth-order valence-corrected chi connectivity index (χ4v) is 5.88. The molecule has 0 saturated carbocycles. The molecule has 2 fully saturated rings. The Morgan fingerprint density at radius 1 is 0.627 bits per heavy atom. The number of esters is 1. The second kappa shape index (κ2) is 16.2. The van der Waals surface area contributed by atoms with Crippen molar-refractivity contribution < 1.29 is 48.2 Å². The highest BCUT2D eigenvalue weighted by Gasteiger charge is 2.50. The van der Waals surface area contributed by atoms with Gasteiger partial charge in [-0.15, -0.1) is 0 Å². The first-order chi connectivity index (χ1) is 25.0. The number of aliphatic hydroxyl groups is 2. The van der Waals surface area contributed by atoms with Crippen LogP contribution in [0.3, 0.4) is 0 Å². The number of hydrogen-bond donors (Lipinski definition) is 2. The largest absolute Gasteiger partial charge is 0.485 e. The highest BCUT2D eigenvalue weighted by atomic mass is 16.8. The van der Waals surface area contributed by atoms with Gasteiger partial charge in [-0.1, -0.05) is 121 Å². The molecule has 10 nitrogen and oxygen atoms in total. The molecule has 7 rings (SSSR count). The average Bonchev–Trinajstić information content (AvgIpc) is 3.19. The lowest BCUT2D eigenvalue weighted by Gasteiger charge is -2.45. The van der Waals surface area contributed by atoms with E-state index in [1.165, 1.54) is 12.1 Å². The van der Waals surface area contributed by atoms with Gasteiger partial charge in [-0.05, 0) is 28.8 Å². The molecule has 0 unspecified atom stereocenters. The van der Waals surface area contributed by atoms with Crippen LogP contribution in [0.2, 0.25) is 0 Å². The molecule has 6 atom stereocenters. The zero-order valence-corrected chi connectivity index (χ0v) is 27.7. The van der Waals surface area contributed by atoms with Crippen LogP contribution in [0.25, 0.3) is 0 Å². The van der Waals surface area contributed by atoms with E-state index in [-0.39, 0.29) is 43.5 Å². The van der Waals surface area contributed by atoms with Crippen molar-refractivity contribution in [2.45, 2.75) is 56.8 Å². The number of benzene rings is 5. The number of ether oxygens (including phenoxy) is 7. The van der Waals surface area contributed by atoms with E-state index in [1.54, 1.807) is 0 Å². The van der Waals surface area contributed by atoms with E-state index < -0.39 is 43.0 Å². The van der Waals surface area contributed by atoms with Crippen LogP contribution in [-0.2, 0) is 38.8 Å². The lowest BCUT2D eigenvalue weighted by atomic mass is 9.98. The standard InChI is InChI=1S/C41H38O10/c42-35-36(43)41(49-34-26-48-40(50-38(34)35)30-19-11-4-12-20-30)51-39(44)31-21-32(45-23-27-13-5-1-6-14-27)37(47-25-29-17-9-3-10-18-29)33(22-31)46-24-28-15-7-2-8-16-28/h1-22,34-36,38,40-43H,23-26H2/t34-,35-,36-,38-,40-,41+/m1/s1. The number of rotatable bonds is 12. The lowest BCUT2D eigenvalue weighted by molar-refractivity contribution is -0.353. The molecule has 2 aliphatic heterocycles. The number of aliphatic hydroxyl groups excluding tert-OH is 2. The van der Waals surface area contributed by atoms with E-state index in [1.807, 2.05) is 121 Å². The van der Waals surface area contributed by atoms with E-state index in [4.69, 9.17) is 33.2 Å². The van der Waals surface area contributed by atoms with Gasteiger partial charge in [0.15, 0.2) is 17.8 Å². The van der Waals surface area contributed by atoms with E-state index in [9.17, 15) is 15.0 Å². The fraction of sp³-hybridized carbons (Fsp3) is 0.244. The minimum absolute atomic E-state index is 0.0461. The van der Waals surface area contributed by atoms with E-state index >= 15 is 0 Å². The van der Waals surface area contributed by atoms with Gasteiger partial charge in [-0.2, -0.15) is 0 Å². The average molecular weight is 691 g/mol. The Labute approximate surface area is 295 Å². The third-order valence-corrected chi connectivity index (χ3v) is 8.59. The maximum Gasteiger partial charge on any atom is 0.340 e. The van der Waals surface area contributed by atoms with Gasteiger partial charge in [0.1, 0.15) is 44.2 Å². The van der Waals surface area contributed by atoms with Gasteiger partial charge >= 0.3 is 5.97 Å². The van der Waals surface area contributed by atoms with Gasteiger partial charge in [0.2, 0.25) is 12.0 Å². The quantitative estimate of drug-likeness (QED) is 0.148. The minimum atomic E-state index is -1.60. The Balaban J connectivity index is 1.14. The summed E-state index contributed by atoms with van der Waals surface area (Å²) in [6.07, 6.45) is -6.98. The van der Waals surface area contributed by atoms with Crippen LogP contribution in [0.1, 0.15) is 38.9 Å². The molecule has 5 aromatic carbocycles. The monoisotopic (exact) mass is 690 g/mol. The zero-order chi connectivity index (χ0) is 35.0. The Morgan fingerprint density at radius 3 is 1.65 bits per heavy atom. The normalized spacial score (nSPS) is 22.7. The topological polar surface area (TPSA) is 122 Å². The molecule has 0 amide bonds. The van der Waals surface area contributed by atoms with Crippen molar-refractivity contribution in [3.8, 4) is 17.2 Å². The SMILES string of the molecule is O=C(O[C@@H]1O[C@@H]2CO[C@@H](c3ccccc3)O[C@H]2[C@H](O)[C@H]1O)c1cc(OCc2ccccc2)c(OCc2ccccc2)c(OCc2ccccc2)c1. The summed E-state index contributed by atoms with van der Waals surface area (Å²) in [5, 5.41) is 22.1. The molecular weight excluding hydrogens is 652 g/mol. The van der Waals surface area contributed by atoms with Crippen molar-refractivity contribution >= 4 is 5.97 Å². The molecular formula is C41H38O10.